The number of rotatable bonds is 5. The summed E-state index contributed by atoms with van der Waals surface area (Å²) in [6, 6.07) is 7.33. The predicted molar refractivity (Wildman–Crippen MR) is 83.6 cm³/mol. The van der Waals surface area contributed by atoms with Crippen LogP contribution in [0.3, 0.4) is 0 Å². The van der Waals surface area contributed by atoms with Gasteiger partial charge in [0.15, 0.2) is 5.78 Å². The standard InChI is InChI=1S/C17H17NO4/c1-10-15(11(2)18-16(10)17(20)21)13(19)9-8-12-6-4-5-7-14(12)22-3/h4-9,18H,1-3H3,(H,20,21)/b9-8+. The number of hydrogen-bond acceptors (Lipinski definition) is 3. The van der Waals surface area contributed by atoms with E-state index in [4.69, 9.17) is 9.84 Å². The lowest BCUT2D eigenvalue weighted by molar-refractivity contribution is 0.0690. The van der Waals surface area contributed by atoms with Crippen LogP contribution in [0.4, 0.5) is 0 Å². The van der Waals surface area contributed by atoms with E-state index in [-0.39, 0.29) is 11.5 Å². The van der Waals surface area contributed by atoms with Crippen molar-refractivity contribution >= 4 is 17.8 Å². The van der Waals surface area contributed by atoms with E-state index in [1.165, 1.54) is 6.08 Å². The van der Waals surface area contributed by atoms with Gasteiger partial charge in [0.25, 0.3) is 0 Å². The van der Waals surface area contributed by atoms with Crippen molar-refractivity contribution in [3.05, 3.63) is 58.4 Å². The highest BCUT2D eigenvalue weighted by atomic mass is 16.5. The van der Waals surface area contributed by atoms with Gasteiger partial charge in [-0.1, -0.05) is 18.2 Å². The topological polar surface area (TPSA) is 79.4 Å². The molecule has 1 aromatic heterocycles. The Bertz CT molecular complexity index is 756. The van der Waals surface area contributed by atoms with Gasteiger partial charge >= 0.3 is 5.97 Å². The molecule has 0 fully saturated rings. The van der Waals surface area contributed by atoms with Gasteiger partial charge in [-0.05, 0) is 37.6 Å². The molecule has 0 aliphatic carbocycles. The zero-order chi connectivity index (χ0) is 16.3. The fraction of sp³-hybridized carbons (Fsp3) is 0.176. The summed E-state index contributed by atoms with van der Waals surface area (Å²) in [6.45, 7) is 3.31. The van der Waals surface area contributed by atoms with E-state index in [1.807, 2.05) is 18.2 Å². The van der Waals surface area contributed by atoms with Crippen molar-refractivity contribution in [1.29, 1.82) is 0 Å². The molecule has 0 amide bonds. The molecule has 0 saturated carbocycles. The number of methoxy groups -OCH3 is 1. The number of allylic oxidation sites excluding steroid dienone is 1. The van der Waals surface area contributed by atoms with E-state index in [1.54, 1.807) is 33.1 Å². The highest BCUT2D eigenvalue weighted by molar-refractivity contribution is 6.10. The maximum Gasteiger partial charge on any atom is 0.352 e. The number of ketones is 1. The molecular weight excluding hydrogens is 282 g/mol. The Balaban J connectivity index is 2.34. The third-order valence-electron chi connectivity index (χ3n) is 3.45. The molecule has 0 aliphatic heterocycles. The molecule has 2 aromatic rings. The SMILES string of the molecule is COc1ccccc1/C=C/C(=O)c1c(C)[nH]c(C(=O)O)c1C. The van der Waals surface area contributed by atoms with Gasteiger partial charge in [-0.15, -0.1) is 0 Å². The third-order valence-corrected chi connectivity index (χ3v) is 3.45. The Hall–Kier alpha value is -2.82. The van der Waals surface area contributed by atoms with E-state index in [9.17, 15) is 9.59 Å². The number of para-hydroxylation sites is 1. The fourth-order valence-corrected chi connectivity index (χ4v) is 2.39. The first-order valence-electron chi connectivity index (χ1n) is 6.73. The summed E-state index contributed by atoms with van der Waals surface area (Å²) in [5.74, 6) is -0.654. The van der Waals surface area contributed by atoms with Gasteiger partial charge in [-0.2, -0.15) is 0 Å². The van der Waals surface area contributed by atoms with Gasteiger partial charge in [-0.25, -0.2) is 4.79 Å². The second-order valence-electron chi connectivity index (χ2n) is 4.87. The zero-order valence-corrected chi connectivity index (χ0v) is 12.6. The Morgan fingerprint density at radius 3 is 2.50 bits per heavy atom. The summed E-state index contributed by atoms with van der Waals surface area (Å²) >= 11 is 0. The van der Waals surface area contributed by atoms with Crippen molar-refractivity contribution < 1.29 is 19.4 Å². The number of carboxylic acid groups (broad SMARTS) is 1. The Morgan fingerprint density at radius 2 is 1.91 bits per heavy atom. The van der Waals surface area contributed by atoms with Gasteiger partial charge in [0, 0.05) is 16.8 Å². The van der Waals surface area contributed by atoms with Gasteiger partial charge in [0.05, 0.1) is 7.11 Å². The summed E-state index contributed by atoms with van der Waals surface area (Å²) in [4.78, 5) is 26.2. The minimum atomic E-state index is -1.08. The Labute approximate surface area is 128 Å². The molecule has 2 rings (SSSR count). The van der Waals surface area contributed by atoms with Crippen LogP contribution in [0, 0.1) is 13.8 Å². The maximum atomic E-state index is 12.4. The lowest BCUT2D eigenvalue weighted by Gasteiger charge is -2.03. The normalized spacial score (nSPS) is 10.9. The molecular formula is C17H17NO4. The third kappa shape index (κ3) is 2.93. The molecule has 0 unspecified atom stereocenters. The summed E-state index contributed by atoms with van der Waals surface area (Å²) in [5, 5.41) is 9.08. The highest BCUT2D eigenvalue weighted by Crippen LogP contribution is 2.22. The lowest BCUT2D eigenvalue weighted by atomic mass is 10.0. The van der Waals surface area contributed by atoms with E-state index in [2.05, 4.69) is 4.98 Å². The number of carbonyl (C=O) groups is 2. The van der Waals surface area contributed by atoms with Crippen LogP contribution < -0.4 is 4.74 Å². The van der Waals surface area contributed by atoms with Crippen LogP contribution in [-0.2, 0) is 0 Å². The Kier molecular flexibility index (Phi) is 4.46. The summed E-state index contributed by atoms with van der Waals surface area (Å²) < 4.78 is 5.22. The monoisotopic (exact) mass is 299 g/mol. The second-order valence-corrected chi connectivity index (χ2v) is 4.87. The second kappa shape index (κ2) is 6.30. The predicted octanol–water partition coefficient (Wildman–Crippen LogP) is 3.23. The number of H-pyrrole nitrogens is 1. The van der Waals surface area contributed by atoms with Crippen molar-refractivity contribution in [2.24, 2.45) is 0 Å². The van der Waals surface area contributed by atoms with Crippen LogP contribution in [0.1, 0.15) is 37.7 Å². The molecule has 1 aromatic carbocycles. The van der Waals surface area contributed by atoms with Crippen molar-refractivity contribution in [2.45, 2.75) is 13.8 Å². The van der Waals surface area contributed by atoms with Gasteiger partial charge in [0.2, 0.25) is 0 Å². The first-order valence-corrected chi connectivity index (χ1v) is 6.73. The van der Waals surface area contributed by atoms with Crippen LogP contribution in [0.25, 0.3) is 6.08 Å². The number of carbonyl (C=O) groups excluding carboxylic acids is 1. The number of benzene rings is 1. The first kappa shape index (κ1) is 15.6. The lowest BCUT2D eigenvalue weighted by Crippen LogP contribution is -2.01. The molecule has 5 nitrogen and oxygen atoms in total. The number of ether oxygens (including phenoxy) is 1. The number of hydrogen-bond donors (Lipinski definition) is 2. The summed E-state index contributed by atoms with van der Waals surface area (Å²) in [6.07, 6.45) is 3.08. The van der Waals surface area contributed by atoms with E-state index in [0.29, 0.717) is 22.6 Å². The number of nitrogens with one attached hydrogen (secondary N) is 1. The minimum absolute atomic E-state index is 0.0477. The average Bonchev–Trinajstić information content (AvgIpc) is 2.80. The number of carboxylic acids is 1. The molecule has 0 radical (unpaired) electrons. The molecule has 22 heavy (non-hydrogen) atoms. The smallest absolute Gasteiger partial charge is 0.352 e. The first-order chi connectivity index (χ1) is 10.5. The maximum absolute atomic E-state index is 12.4. The molecule has 0 saturated heterocycles. The van der Waals surface area contributed by atoms with E-state index >= 15 is 0 Å². The van der Waals surface area contributed by atoms with Gasteiger partial charge in [-0.3, -0.25) is 4.79 Å². The minimum Gasteiger partial charge on any atom is -0.496 e. The molecule has 0 spiro atoms. The number of aryl methyl sites for hydroxylation is 1. The molecule has 0 aliphatic rings. The summed E-state index contributed by atoms with van der Waals surface area (Å²) in [5.41, 5.74) is 2.21. The molecule has 2 N–H and O–H groups in total. The molecule has 1 heterocycles. The van der Waals surface area contributed by atoms with E-state index < -0.39 is 5.97 Å². The fourth-order valence-electron chi connectivity index (χ4n) is 2.39. The quantitative estimate of drug-likeness (QED) is 0.656. The van der Waals surface area contributed by atoms with Gasteiger partial charge in [0.1, 0.15) is 11.4 Å². The molecule has 5 heteroatoms. The largest absolute Gasteiger partial charge is 0.496 e. The van der Waals surface area contributed by atoms with E-state index in [0.717, 1.165) is 5.56 Å². The van der Waals surface area contributed by atoms with Crippen LogP contribution in [0.15, 0.2) is 30.3 Å². The number of aromatic nitrogens is 1. The van der Waals surface area contributed by atoms with Crippen LogP contribution >= 0.6 is 0 Å². The number of aromatic carboxylic acids is 1. The molecule has 114 valence electrons. The van der Waals surface area contributed by atoms with Crippen molar-refractivity contribution in [1.82, 2.24) is 4.98 Å². The average molecular weight is 299 g/mol. The van der Waals surface area contributed by atoms with Crippen LogP contribution in [0.2, 0.25) is 0 Å². The zero-order valence-electron chi connectivity index (χ0n) is 12.6. The highest BCUT2D eigenvalue weighted by Gasteiger charge is 2.19. The van der Waals surface area contributed by atoms with Crippen LogP contribution in [-0.4, -0.2) is 29.0 Å². The van der Waals surface area contributed by atoms with Crippen molar-refractivity contribution in [3.63, 3.8) is 0 Å². The van der Waals surface area contributed by atoms with Crippen molar-refractivity contribution in [3.8, 4) is 5.75 Å². The van der Waals surface area contributed by atoms with Gasteiger partial charge < -0.3 is 14.8 Å². The Morgan fingerprint density at radius 1 is 1.23 bits per heavy atom. The van der Waals surface area contributed by atoms with Crippen molar-refractivity contribution in [2.75, 3.05) is 7.11 Å². The number of aromatic amines is 1. The van der Waals surface area contributed by atoms with Crippen LogP contribution in [0.5, 0.6) is 5.75 Å². The molecule has 0 atom stereocenters. The molecule has 0 bridgehead atoms. The summed E-state index contributed by atoms with van der Waals surface area (Å²) in [7, 11) is 1.56.